The van der Waals surface area contributed by atoms with E-state index < -0.39 is 0 Å². The molecule has 0 aliphatic rings. The number of benzene rings is 1. The summed E-state index contributed by atoms with van der Waals surface area (Å²) in [6.45, 7) is 14.3. The van der Waals surface area contributed by atoms with E-state index in [4.69, 9.17) is 5.73 Å². The summed E-state index contributed by atoms with van der Waals surface area (Å²) in [5.74, 6) is 0.497. The minimum atomic E-state index is -0.0574. The van der Waals surface area contributed by atoms with Crippen LogP contribution < -0.4 is 11.1 Å². The Labute approximate surface area is 152 Å². The SMILES string of the molecule is CCN(CC)Cc1cccc(CN=C(N)NC(C)(C)C)c1.I. The van der Waals surface area contributed by atoms with Crippen LogP contribution >= 0.6 is 24.0 Å². The number of nitrogens with zero attached hydrogens (tertiary/aromatic N) is 2. The maximum absolute atomic E-state index is 5.90. The number of nitrogens with one attached hydrogen (secondary N) is 1. The van der Waals surface area contributed by atoms with E-state index in [9.17, 15) is 0 Å². The maximum atomic E-state index is 5.90. The van der Waals surface area contributed by atoms with Gasteiger partial charge in [0, 0.05) is 12.1 Å². The van der Waals surface area contributed by atoms with E-state index in [1.54, 1.807) is 0 Å². The second-order valence-corrected chi connectivity index (χ2v) is 6.36. The predicted molar refractivity (Wildman–Crippen MR) is 107 cm³/mol. The lowest BCUT2D eigenvalue weighted by Gasteiger charge is -2.21. The second-order valence-electron chi connectivity index (χ2n) is 6.36. The maximum Gasteiger partial charge on any atom is 0.189 e. The Kier molecular flexibility index (Phi) is 9.67. The minimum absolute atomic E-state index is 0. The number of nitrogens with two attached hydrogens (primary N) is 1. The first-order valence-electron chi connectivity index (χ1n) is 7.72. The lowest BCUT2D eigenvalue weighted by molar-refractivity contribution is 0.296. The molecule has 4 nitrogen and oxygen atoms in total. The van der Waals surface area contributed by atoms with Crippen LogP contribution in [0.5, 0.6) is 0 Å². The molecule has 5 heteroatoms. The monoisotopic (exact) mass is 418 g/mol. The smallest absolute Gasteiger partial charge is 0.189 e. The highest BCUT2D eigenvalue weighted by atomic mass is 127. The van der Waals surface area contributed by atoms with Gasteiger partial charge in [-0.25, -0.2) is 4.99 Å². The molecule has 126 valence electrons. The van der Waals surface area contributed by atoms with Gasteiger partial charge in [-0.3, -0.25) is 4.90 Å². The van der Waals surface area contributed by atoms with Crippen molar-refractivity contribution in [2.45, 2.75) is 53.2 Å². The topological polar surface area (TPSA) is 53.6 Å². The molecule has 0 bridgehead atoms. The zero-order valence-corrected chi connectivity index (χ0v) is 16.8. The van der Waals surface area contributed by atoms with Crippen molar-refractivity contribution in [1.29, 1.82) is 0 Å². The number of hydrogen-bond donors (Lipinski definition) is 2. The van der Waals surface area contributed by atoms with Gasteiger partial charge in [0.05, 0.1) is 6.54 Å². The summed E-state index contributed by atoms with van der Waals surface area (Å²) >= 11 is 0. The Morgan fingerprint density at radius 2 is 1.77 bits per heavy atom. The highest BCUT2D eigenvalue weighted by Crippen LogP contribution is 2.09. The summed E-state index contributed by atoms with van der Waals surface area (Å²) in [6, 6.07) is 8.57. The molecule has 0 radical (unpaired) electrons. The quantitative estimate of drug-likeness (QED) is 0.423. The summed E-state index contributed by atoms with van der Waals surface area (Å²) in [6.07, 6.45) is 0. The van der Waals surface area contributed by atoms with E-state index in [-0.39, 0.29) is 29.5 Å². The minimum Gasteiger partial charge on any atom is -0.370 e. The summed E-state index contributed by atoms with van der Waals surface area (Å²) in [7, 11) is 0. The lowest BCUT2D eigenvalue weighted by Crippen LogP contribution is -2.44. The van der Waals surface area contributed by atoms with Gasteiger partial charge in [0.15, 0.2) is 5.96 Å². The number of guanidine groups is 1. The first kappa shape index (κ1) is 21.2. The number of hydrogen-bond acceptors (Lipinski definition) is 2. The van der Waals surface area contributed by atoms with Crippen LogP contribution in [0.25, 0.3) is 0 Å². The van der Waals surface area contributed by atoms with Crippen molar-refractivity contribution in [2.24, 2.45) is 10.7 Å². The molecule has 0 saturated heterocycles. The number of aliphatic imine (C=N–C) groups is 1. The molecule has 0 aromatic heterocycles. The molecule has 0 unspecified atom stereocenters. The third-order valence-corrected chi connectivity index (χ3v) is 3.23. The average Bonchev–Trinajstić information content (AvgIpc) is 2.41. The molecule has 0 atom stereocenters. The van der Waals surface area contributed by atoms with Crippen molar-refractivity contribution in [2.75, 3.05) is 13.1 Å². The summed E-state index contributed by atoms with van der Waals surface area (Å²) in [4.78, 5) is 6.81. The Morgan fingerprint density at radius 3 is 2.32 bits per heavy atom. The van der Waals surface area contributed by atoms with Crippen LogP contribution in [0.3, 0.4) is 0 Å². The lowest BCUT2D eigenvalue weighted by atomic mass is 10.1. The van der Waals surface area contributed by atoms with E-state index >= 15 is 0 Å². The standard InChI is InChI=1S/C17H30N4.HI/c1-6-21(7-2)13-15-10-8-9-14(11-15)12-19-16(18)20-17(3,4)5;/h8-11H,6-7,12-13H2,1-5H3,(H3,18,19,20);1H. The van der Waals surface area contributed by atoms with Gasteiger partial charge in [-0.1, -0.05) is 38.1 Å². The Morgan fingerprint density at radius 1 is 1.18 bits per heavy atom. The molecule has 0 saturated carbocycles. The zero-order chi connectivity index (χ0) is 15.9. The molecule has 0 spiro atoms. The van der Waals surface area contributed by atoms with Gasteiger partial charge in [-0.05, 0) is 45.0 Å². The molecule has 0 amide bonds. The first-order valence-corrected chi connectivity index (χ1v) is 7.72. The van der Waals surface area contributed by atoms with Crippen molar-refractivity contribution in [1.82, 2.24) is 10.2 Å². The summed E-state index contributed by atoms with van der Waals surface area (Å²) < 4.78 is 0. The average molecular weight is 418 g/mol. The van der Waals surface area contributed by atoms with Gasteiger partial charge < -0.3 is 11.1 Å². The Balaban J connectivity index is 0.00000441. The van der Waals surface area contributed by atoms with E-state index in [1.807, 2.05) is 0 Å². The fraction of sp³-hybridized carbons (Fsp3) is 0.588. The molecule has 0 aliphatic carbocycles. The highest BCUT2D eigenvalue weighted by molar-refractivity contribution is 14.0. The Hall–Kier alpha value is -0.820. The van der Waals surface area contributed by atoms with Crippen LogP contribution in [0.2, 0.25) is 0 Å². The number of rotatable bonds is 6. The molecule has 22 heavy (non-hydrogen) atoms. The van der Waals surface area contributed by atoms with E-state index in [0.717, 1.165) is 19.6 Å². The van der Waals surface area contributed by atoms with Crippen LogP contribution in [-0.4, -0.2) is 29.5 Å². The number of halogens is 1. The second kappa shape index (κ2) is 10.0. The van der Waals surface area contributed by atoms with Crippen molar-refractivity contribution in [3.63, 3.8) is 0 Å². The summed E-state index contributed by atoms with van der Waals surface area (Å²) in [5.41, 5.74) is 8.36. The van der Waals surface area contributed by atoms with Gasteiger partial charge in [-0.2, -0.15) is 0 Å². The molecule has 1 aromatic rings. The molecule has 1 rings (SSSR count). The highest BCUT2D eigenvalue weighted by Gasteiger charge is 2.09. The largest absolute Gasteiger partial charge is 0.370 e. The third kappa shape index (κ3) is 8.58. The fourth-order valence-electron chi connectivity index (χ4n) is 2.13. The van der Waals surface area contributed by atoms with Crippen LogP contribution in [0.15, 0.2) is 29.3 Å². The van der Waals surface area contributed by atoms with Crippen molar-refractivity contribution < 1.29 is 0 Å². The molecular weight excluding hydrogens is 387 g/mol. The van der Waals surface area contributed by atoms with Gasteiger partial charge in [0.25, 0.3) is 0 Å². The van der Waals surface area contributed by atoms with Crippen LogP contribution in [0.1, 0.15) is 45.7 Å². The predicted octanol–water partition coefficient (Wildman–Crippen LogP) is 3.35. The molecule has 1 aromatic carbocycles. The fourth-order valence-corrected chi connectivity index (χ4v) is 2.13. The molecule has 3 N–H and O–H groups in total. The Bertz CT molecular complexity index is 462. The first-order chi connectivity index (χ1) is 9.84. The van der Waals surface area contributed by atoms with Gasteiger partial charge >= 0.3 is 0 Å². The van der Waals surface area contributed by atoms with Crippen LogP contribution in [0, 0.1) is 0 Å². The molecule has 0 fully saturated rings. The van der Waals surface area contributed by atoms with Crippen molar-refractivity contribution in [3.8, 4) is 0 Å². The zero-order valence-electron chi connectivity index (χ0n) is 14.5. The van der Waals surface area contributed by atoms with Crippen LogP contribution in [-0.2, 0) is 13.1 Å². The molecular formula is C17H31IN4. The van der Waals surface area contributed by atoms with E-state index in [2.05, 4.69) is 74.1 Å². The van der Waals surface area contributed by atoms with E-state index in [1.165, 1.54) is 11.1 Å². The van der Waals surface area contributed by atoms with Gasteiger partial charge in [-0.15, -0.1) is 24.0 Å². The third-order valence-electron chi connectivity index (χ3n) is 3.23. The normalized spacial score (nSPS) is 12.2. The van der Waals surface area contributed by atoms with Gasteiger partial charge in [0.1, 0.15) is 0 Å². The van der Waals surface area contributed by atoms with Gasteiger partial charge in [0.2, 0.25) is 0 Å². The summed E-state index contributed by atoms with van der Waals surface area (Å²) in [5, 5.41) is 3.17. The van der Waals surface area contributed by atoms with Crippen LogP contribution in [0.4, 0.5) is 0 Å². The van der Waals surface area contributed by atoms with Crippen molar-refractivity contribution >= 4 is 29.9 Å². The molecule has 0 aliphatic heterocycles. The van der Waals surface area contributed by atoms with E-state index in [0.29, 0.717) is 12.5 Å². The molecule has 0 heterocycles. The van der Waals surface area contributed by atoms with Crippen molar-refractivity contribution in [3.05, 3.63) is 35.4 Å².